The van der Waals surface area contributed by atoms with Crippen LogP contribution < -0.4 is 14.8 Å². The Morgan fingerprint density at radius 2 is 1.64 bits per heavy atom. The number of aryl methyl sites for hydroxylation is 1. The first kappa shape index (κ1) is 24.5. The Kier molecular flexibility index (Phi) is 9.95. The number of carbonyl (C=O) groups is 1. The van der Waals surface area contributed by atoms with Gasteiger partial charge in [-0.3, -0.25) is 4.79 Å². The molecule has 1 atom stereocenters. The van der Waals surface area contributed by atoms with E-state index in [2.05, 4.69) is 12.2 Å². The van der Waals surface area contributed by atoms with Crippen molar-refractivity contribution in [1.29, 1.82) is 0 Å². The molecule has 0 spiro atoms. The van der Waals surface area contributed by atoms with Crippen LogP contribution in [0.5, 0.6) is 11.5 Å². The lowest BCUT2D eigenvalue weighted by molar-refractivity contribution is 0.0949. The van der Waals surface area contributed by atoms with Gasteiger partial charge in [-0.15, -0.1) is 0 Å². The summed E-state index contributed by atoms with van der Waals surface area (Å²) >= 11 is 0. The van der Waals surface area contributed by atoms with Gasteiger partial charge >= 0.3 is 0 Å². The first-order valence-electron chi connectivity index (χ1n) is 11.5. The summed E-state index contributed by atoms with van der Waals surface area (Å²) in [4.78, 5) is 13.1. The van der Waals surface area contributed by atoms with Crippen molar-refractivity contribution in [2.24, 2.45) is 0 Å². The summed E-state index contributed by atoms with van der Waals surface area (Å²) in [5.41, 5.74) is 2.64. The van der Waals surface area contributed by atoms with Gasteiger partial charge in [-0.1, -0.05) is 67.6 Å². The molecule has 0 fully saturated rings. The Balaban J connectivity index is 1.69. The predicted octanol–water partition coefficient (Wildman–Crippen LogP) is 4.82. The highest BCUT2D eigenvalue weighted by molar-refractivity contribution is 5.99. The van der Waals surface area contributed by atoms with Crippen LogP contribution in [0.25, 0.3) is 0 Å². The molecule has 5 nitrogen and oxygen atoms in total. The average Bonchev–Trinajstić information content (AvgIpc) is 2.86. The fraction of sp³-hybridized carbons (Fsp3) is 0.321. The molecule has 174 valence electrons. The first-order valence-corrected chi connectivity index (χ1v) is 11.5. The van der Waals surface area contributed by atoms with Crippen LogP contribution in [-0.4, -0.2) is 36.7 Å². The summed E-state index contributed by atoms with van der Waals surface area (Å²) in [7, 11) is 0. The highest BCUT2D eigenvalue weighted by atomic mass is 16.5. The third-order valence-corrected chi connectivity index (χ3v) is 5.22. The van der Waals surface area contributed by atoms with Crippen LogP contribution in [0.2, 0.25) is 0 Å². The summed E-state index contributed by atoms with van der Waals surface area (Å²) in [6.45, 7) is 3.89. The zero-order chi connectivity index (χ0) is 23.3. The number of hydrogen-bond donors (Lipinski definition) is 2. The summed E-state index contributed by atoms with van der Waals surface area (Å²) in [5.74, 6) is 1.06. The SMILES string of the molecule is CCCNC[C@@H](O)COc1ccc(OCc2ccccc2)cc1C(=O)CCc1ccccc1. The lowest BCUT2D eigenvalue weighted by Gasteiger charge is -2.16. The predicted molar refractivity (Wildman–Crippen MR) is 131 cm³/mol. The summed E-state index contributed by atoms with van der Waals surface area (Å²) in [6, 6.07) is 25.1. The van der Waals surface area contributed by atoms with E-state index in [1.54, 1.807) is 18.2 Å². The second kappa shape index (κ2) is 13.4. The zero-order valence-corrected chi connectivity index (χ0v) is 19.2. The monoisotopic (exact) mass is 447 g/mol. The van der Waals surface area contributed by atoms with Crippen LogP contribution in [-0.2, 0) is 13.0 Å². The van der Waals surface area contributed by atoms with Crippen molar-refractivity contribution in [2.75, 3.05) is 19.7 Å². The minimum absolute atomic E-state index is 0.0161. The first-order chi connectivity index (χ1) is 16.2. The molecule has 0 saturated heterocycles. The second-order valence-electron chi connectivity index (χ2n) is 8.01. The number of aliphatic hydroxyl groups is 1. The van der Waals surface area contributed by atoms with E-state index in [1.165, 1.54) is 0 Å². The van der Waals surface area contributed by atoms with Crippen molar-refractivity contribution >= 4 is 5.78 Å². The zero-order valence-electron chi connectivity index (χ0n) is 19.2. The molecule has 0 aromatic heterocycles. The number of Topliss-reactive ketones (excluding diaryl/α,β-unsaturated/α-hetero) is 1. The van der Waals surface area contributed by atoms with Gasteiger partial charge in [-0.25, -0.2) is 0 Å². The van der Waals surface area contributed by atoms with E-state index >= 15 is 0 Å². The maximum atomic E-state index is 13.1. The van der Waals surface area contributed by atoms with Gasteiger partial charge in [0.15, 0.2) is 5.78 Å². The molecule has 0 amide bonds. The highest BCUT2D eigenvalue weighted by Gasteiger charge is 2.16. The van der Waals surface area contributed by atoms with E-state index in [0.29, 0.717) is 43.1 Å². The summed E-state index contributed by atoms with van der Waals surface area (Å²) in [6.07, 6.45) is 1.36. The average molecular weight is 448 g/mol. The molecule has 3 aromatic rings. The van der Waals surface area contributed by atoms with Gasteiger partial charge in [0.1, 0.15) is 30.8 Å². The van der Waals surface area contributed by atoms with Gasteiger partial charge in [0.05, 0.1) is 5.56 Å². The van der Waals surface area contributed by atoms with Crippen molar-refractivity contribution in [3.8, 4) is 11.5 Å². The molecule has 0 aliphatic rings. The molecule has 0 radical (unpaired) electrons. The molecule has 3 rings (SSSR count). The van der Waals surface area contributed by atoms with Crippen LogP contribution in [0.15, 0.2) is 78.9 Å². The Morgan fingerprint density at radius 3 is 2.33 bits per heavy atom. The van der Waals surface area contributed by atoms with Gasteiger partial charge < -0.3 is 19.9 Å². The van der Waals surface area contributed by atoms with Crippen LogP contribution in [0.3, 0.4) is 0 Å². The fourth-order valence-corrected chi connectivity index (χ4v) is 3.41. The maximum Gasteiger partial charge on any atom is 0.167 e. The molecule has 0 bridgehead atoms. The van der Waals surface area contributed by atoms with Gasteiger partial charge in [0.25, 0.3) is 0 Å². The van der Waals surface area contributed by atoms with Gasteiger partial charge in [-0.2, -0.15) is 0 Å². The Hall–Kier alpha value is -3.15. The van der Waals surface area contributed by atoms with E-state index in [9.17, 15) is 9.90 Å². The third-order valence-electron chi connectivity index (χ3n) is 5.22. The number of aliphatic hydroxyl groups excluding tert-OH is 1. The molecule has 0 saturated carbocycles. The van der Waals surface area contributed by atoms with Gasteiger partial charge in [0.2, 0.25) is 0 Å². The van der Waals surface area contributed by atoms with E-state index < -0.39 is 6.10 Å². The van der Waals surface area contributed by atoms with Crippen LogP contribution in [0.4, 0.5) is 0 Å². The number of benzene rings is 3. The van der Waals surface area contributed by atoms with E-state index in [1.807, 2.05) is 60.7 Å². The quantitative estimate of drug-likeness (QED) is 0.274. The van der Waals surface area contributed by atoms with Gasteiger partial charge in [0, 0.05) is 13.0 Å². The minimum Gasteiger partial charge on any atom is -0.490 e. The Bertz CT molecular complexity index is 976. The lowest BCUT2D eigenvalue weighted by atomic mass is 10.0. The van der Waals surface area contributed by atoms with Crippen molar-refractivity contribution < 1.29 is 19.4 Å². The van der Waals surface area contributed by atoms with Crippen LogP contribution >= 0.6 is 0 Å². The lowest BCUT2D eigenvalue weighted by Crippen LogP contribution is -2.32. The fourth-order valence-electron chi connectivity index (χ4n) is 3.41. The molecule has 5 heteroatoms. The Labute approximate surface area is 196 Å². The maximum absolute atomic E-state index is 13.1. The van der Waals surface area contributed by atoms with Crippen molar-refractivity contribution in [2.45, 2.75) is 38.9 Å². The summed E-state index contributed by atoms with van der Waals surface area (Å²) < 4.78 is 11.8. The normalized spacial score (nSPS) is 11.7. The number of ether oxygens (including phenoxy) is 2. The second-order valence-corrected chi connectivity index (χ2v) is 8.01. The largest absolute Gasteiger partial charge is 0.490 e. The van der Waals surface area contributed by atoms with Crippen molar-refractivity contribution in [3.05, 3.63) is 95.6 Å². The van der Waals surface area contributed by atoms with E-state index in [4.69, 9.17) is 9.47 Å². The molecule has 0 unspecified atom stereocenters. The molecular weight excluding hydrogens is 414 g/mol. The van der Waals surface area contributed by atoms with Crippen LogP contribution in [0.1, 0.15) is 41.3 Å². The molecule has 0 aliphatic heterocycles. The standard InChI is InChI=1S/C28H33NO4/c1-2-17-29-19-24(30)21-33-28-16-14-25(32-20-23-11-7-4-8-12-23)18-26(28)27(31)15-13-22-9-5-3-6-10-22/h3-12,14,16,18,24,29-30H,2,13,15,17,19-21H2,1H3/t24-/m1/s1. The molecule has 2 N–H and O–H groups in total. The highest BCUT2D eigenvalue weighted by Crippen LogP contribution is 2.27. The number of ketones is 1. The van der Waals surface area contributed by atoms with E-state index in [-0.39, 0.29) is 12.4 Å². The van der Waals surface area contributed by atoms with E-state index in [0.717, 1.165) is 24.1 Å². The van der Waals surface area contributed by atoms with Crippen molar-refractivity contribution in [1.82, 2.24) is 5.32 Å². The molecule has 33 heavy (non-hydrogen) atoms. The topological polar surface area (TPSA) is 67.8 Å². The smallest absolute Gasteiger partial charge is 0.167 e. The van der Waals surface area contributed by atoms with Gasteiger partial charge in [-0.05, 0) is 48.7 Å². The molecule has 0 heterocycles. The number of carbonyl (C=O) groups excluding carboxylic acids is 1. The molecule has 0 aliphatic carbocycles. The molecule has 3 aromatic carbocycles. The Morgan fingerprint density at radius 1 is 0.939 bits per heavy atom. The number of rotatable bonds is 14. The number of nitrogens with one attached hydrogen (secondary N) is 1. The molecular formula is C28H33NO4. The minimum atomic E-state index is -0.655. The van der Waals surface area contributed by atoms with Crippen LogP contribution in [0, 0.1) is 0 Å². The third kappa shape index (κ3) is 8.37. The van der Waals surface area contributed by atoms with Crippen molar-refractivity contribution in [3.63, 3.8) is 0 Å². The summed E-state index contributed by atoms with van der Waals surface area (Å²) in [5, 5.41) is 13.4. The number of hydrogen-bond acceptors (Lipinski definition) is 5.